The quantitative estimate of drug-likeness (QED) is 0.577. The molecule has 1 aromatic heterocycles. The van der Waals surface area contributed by atoms with Gasteiger partial charge in [-0.05, 0) is 30.9 Å². The van der Waals surface area contributed by atoms with Gasteiger partial charge in [0.25, 0.3) is 0 Å². The van der Waals surface area contributed by atoms with Crippen LogP contribution in [0.4, 0.5) is 0 Å². The predicted octanol–water partition coefficient (Wildman–Crippen LogP) is 3.69. The van der Waals surface area contributed by atoms with Crippen LogP contribution < -0.4 is 5.32 Å². The minimum atomic E-state index is -0.819. The van der Waals surface area contributed by atoms with Crippen molar-refractivity contribution >= 4 is 17.6 Å². The lowest BCUT2D eigenvalue weighted by Crippen LogP contribution is -2.35. The number of aliphatic hydroxyl groups is 1. The maximum absolute atomic E-state index is 11.4. The Morgan fingerprint density at radius 1 is 1.39 bits per heavy atom. The number of ether oxygens (including phenoxy) is 1. The topological polar surface area (TPSA) is 97.5 Å². The smallest absolute Gasteiger partial charge is 0.305 e. The fraction of sp³-hybridized carbons (Fsp3) is 0.550. The molecule has 1 heterocycles. The molecule has 8 heteroatoms. The van der Waals surface area contributed by atoms with Crippen LogP contribution in [-0.4, -0.2) is 40.5 Å². The molecule has 2 aromatic rings. The Labute approximate surface area is 170 Å². The van der Waals surface area contributed by atoms with Crippen LogP contribution >= 0.6 is 11.6 Å². The van der Waals surface area contributed by atoms with Crippen LogP contribution in [-0.2, 0) is 9.53 Å². The van der Waals surface area contributed by atoms with Crippen LogP contribution in [0.15, 0.2) is 22.7 Å². The third-order valence-corrected chi connectivity index (χ3v) is 4.68. The minimum Gasteiger partial charge on any atom is -0.463 e. The van der Waals surface area contributed by atoms with Crippen molar-refractivity contribution in [3.05, 3.63) is 34.7 Å². The van der Waals surface area contributed by atoms with Gasteiger partial charge >= 0.3 is 5.97 Å². The number of esters is 1. The van der Waals surface area contributed by atoms with Crippen LogP contribution in [0.3, 0.4) is 0 Å². The fourth-order valence-electron chi connectivity index (χ4n) is 2.61. The summed E-state index contributed by atoms with van der Waals surface area (Å²) in [5.41, 5.74) is 1.75. The first-order valence-electron chi connectivity index (χ1n) is 9.49. The number of benzene rings is 1. The van der Waals surface area contributed by atoms with Gasteiger partial charge in [-0.1, -0.05) is 49.7 Å². The summed E-state index contributed by atoms with van der Waals surface area (Å²) in [4.78, 5) is 15.9. The Bertz CT molecular complexity index is 779. The molecule has 28 heavy (non-hydrogen) atoms. The molecule has 7 nitrogen and oxygen atoms in total. The van der Waals surface area contributed by atoms with E-state index in [1.165, 1.54) is 0 Å². The largest absolute Gasteiger partial charge is 0.463 e. The maximum Gasteiger partial charge on any atom is 0.305 e. The van der Waals surface area contributed by atoms with Crippen molar-refractivity contribution in [1.82, 2.24) is 15.5 Å². The zero-order valence-corrected chi connectivity index (χ0v) is 17.5. The number of carbonyl (C=O) groups excluding carboxylic acids is 1. The number of nitrogens with one attached hydrogen (secondary N) is 1. The van der Waals surface area contributed by atoms with Crippen molar-refractivity contribution in [2.45, 2.75) is 52.7 Å². The van der Waals surface area contributed by atoms with Crippen molar-refractivity contribution in [2.24, 2.45) is 5.92 Å². The van der Waals surface area contributed by atoms with Crippen LogP contribution in [0, 0.1) is 12.8 Å². The molecule has 2 unspecified atom stereocenters. The zero-order chi connectivity index (χ0) is 20.7. The average Bonchev–Trinajstić information content (AvgIpc) is 3.12. The van der Waals surface area contributed by atoms with Crippen molar-refractivity contribution < 1.29 is 19.2 Å². The molecule has 0 radical (unpaired) electrons. The number of rotatable bonds is 10. The number of aromatic nitrogens is 2. The predicted molar refractivity (Wildman–Crippen MR) is 107 cm³/mol. The number of nitrogens with zero attached hydrogens (tertiary/aromatic N) is 2. The average molecular weight is 410 g/mol. The van der Waals surface area contributed by atoms with Crippen LogP contribution in [0.5, 0.6) is 0 Å². The molecule has 0 fully saturated rings. The minimum absolute atomic E-state index is 0.0480. The van der Waals surface area contributed by atoms with Gasteiger partial charge < -0.3 is 19.7 Å². The third-order valence-electron chi connectivity index (χ3n) is 4.27. The summed E-state index contributed by atoms with van der Waals surface area (Å²) in [6, 6.07) is 5.35. The summed E-state index contributed by atoms with van der Waals surface area (Å²) >= 11 is 6.18. The Kier molecular flexibility index (Phi) is 8.41. The summed E-state index contributed by atoms with van der Waals surface area (Å²) < 4.78 is 10.5. The monoisotopic (exact) mass is 409 g/mol. The normalized spacial score (nSPS) is 13.5. The van der Waals surface area contributed by atoms with Gasteiger partial charge in [-0.15, -0.1) is 0 Å². The molecule has 0 saturated heterocycles. The molecule has 0 bridgehead atoms. The Hall–Kier alpha value is -1.96. The number of carbonyl (C=O) groups is 1. The number of aliphatic hydroxyl groups excluding tert-OH is 1. The molecule has 0 aliphatic rings. The molecule has 2 atom stereocenters. The summed E-state index contributed by atoms with van der Waals surface area (Å²) in [6.07, 6.45) is 0.247. The number of hydrogen-bond donors (Lipinski definition) is 2. The summed E-state index contributed by atoms with van der Waals surface area (Å²) in [5, 5.41) is 18.0. The van der Waals surface area contributed by atoms with Gasteiger partial charge in [-0.3, -0.25) is 4.79 Å². The van der Waals surface area contributed by atoms with Gasteiger partial charge in [0.2, 0.25) is 11.7 Å². The molecule has 0 aliphatic heterocycles. The van der Waals surface area contributed by atoms with Gasteiger partial charge in [0.1, 0.15) is 12.7 Å². The van der Waals surface area contributed by atoms with Crippen molar-refractivity contribution in [3.63, 3.8) is 0 Å². The van der Waals surface area contributed by atoms with E-state index in [2.05, 4.69) is 15.5 Å². The van der Waals surface area contributed by atoms with E-state index in [0.29, 0.717) is 29.6 Å². The van der Waals surface area contributed by atoms with E-state index in [-0.39, 0.29) is 31.1 Å². The second kappa shape index (κ2) is 10.5. The van der Waals surface area contributed by atoms with E-state index < -0.39 is 6.10 Å². The Morgan fingerprint density at radius 3 is 2.79 bits per heavy atom. The lowest BCUT2D eigenvalue weighted by atomic mass is 10.0. The third kappa shape index (κ3) is 6.29. The Balaban J connectivity index is 1.99. The molecule has 0 saturated carbocycles. The second-order valence-electron chi connectivity index (χ2n) is 7.14. The summed E-state index contributed by atoms with van der Waals surface area (Å²) in [6.45, 7) is 8.03. The van der Waals surface area contributed by atoms with Crippen molar-refractivity contribution in [2.75, 3.05) is 13.2 Å². The van der Waals surface area contributed by atoms with Crippen molar-refractivity contribution in [3.8, 4) is 11.4 Å². The number of aryl methyl sites for hydroxylation is 1. The molecular formula is C20H28ClN3O4. The highest BCUT2D eigenvalue weighted by Crippen LogP contribution is 2.26. The second-order valence-corrected chi connectivity index (χ2v) is 7.54. The fourth-order valence-corrected chi connectivity index (χ4v) is 2.79. The van der Waals surface area contributed by atoms with E-state index in [1.54, 1.807) is 6.07 Å². The highest BCUT2D eigenvalue weighted by Gasteiger charge is 2.24. The van der Waals surface area contributed by atoms with Gasteiger partial charge in [0.05, 0.1) is 6.04 Å². The van der Waals surface area contributed by atoms with Crippen molar-refractivity contribution in [1.29, 1.82) is 0 Å². The van der Waals surface area contributed by atoms with Gasteiger partial charge in [-0.2, -0.15) is 4.98 Å². The standard InChI is InChI=1S/C20H28ClN3O4/c1-5-6-17(26)27-11-15(25)10-22-18(12(2)3)20-23-19(24-28-20)14-8-7-13(4)16(21)9-14/h7-9,12,15,18,22,25H,5-6,10-11H2,1-4H3. The van der Waals surface area contributed by atoms with Gasteiger partial charge in [0.15, 0.2) is 0 Å². The molecule has 2 N–H and O–H groups in total. The summed E-state index contributed by atoms with van der Waals surface area (Å²) in [5.74, 6) is 0.722. The molecule has 154 valence electrons. The molecule has 0 spiro atoms. The van der Waals surface area contributed by atoms with E-state index in [1.807, 2.05) is 39.8 Å². The molecule has 1 aromatic carbocycles. The van der Waals surface area contributed by atoms with E-state index in [0.717, 1.165) is 11.1 Å². The van der Waals surface area contributed by atoms with E-state index >= 15 is 0 Å². The SMILES string of the molecule is CCCC(=O)OCC(O)CNC(c1nc(-c2ccc(C)c(Cl)c2)no1)C(C)C. The first kappa shape index (κ1) is 22.3. The zero-order valence-electron chi connectivity index (χ0n) is 16.7. The van der Waals surface area contributed by atoms with E-state index in [4.69, 9.17) is 20.9 Å². The summed E-state index contributed by atoms with van der Waals surface area (Å²) in [7, 11) is 0. The van der Waals surface area contributed by atoms with Crippen LogP contribution in [0.25, 0.3) is 11.4 Å². The molecular weight excluding hydrogens is 382 g/mol. The molecule has 0 amide bonds. The lowest BCUT2D eigenvalue weighted by Gasteiger charge is -2.20. The Morgan fingerprint density at radius 2 is 2.14 bits per heavy atom. The van der Waals surface area contributed by atoms with Crippen LogP contribution in [0.1, 0.15) is 51.1 Å². The van der Waals surface area contributed by atoms with E-state index in [9.17, 15) is 9.90 Å². The first-order valence-corrected chi connectivity index (χ1v) is 9.86. The highest BCUT2D eigenvalue weighted by molar-refractivity contribution is 6.31. The lowest BCUT2D eigenvalue weighted by molar-refractivity contribution is -0.146. The van der Waals surface area contributed by atoms with Gasteiger partial charge in [0, 0.05) is 23.6 Å². The molecule has 0 aliphatic carbocycles. The van der Waals surface area contributed by atoms with Crippen LogP contribution in [0.2, 0.25) is 5.02 Å². The van der Waals surface area contributed by atoms with Gasteiger partial charge in [-0.25, -0.2) is 0 Å². The first-order chi connectivity index (χ1) is 13.3. The highest BCUT2D eigenvalue weighted by atomic mass is 35.5. The number of hydrogen-bond acceptors (Lipinski definition) is 7. The maximum atomic E-state index is 11.4. The molecule has 2 rings (SSSR count). The number of halogens is 1.